The SMILES string of the molecule is CCCCCCCCCC(CCCCCCCCC)(CCCCCCCC(=O)O)C(=O)O. The lowest BCUT2D eigenvalue weighted by molar-refractivity contribution is -0.151. The molecule has 4 heteroatoms. The normalized spacial score (nSPS) is 11.7. The third kappa shape index (κ3) is 17.5. The van der Waals surface area contributed by atoms with Gasteiger partial charge in [0.1, 0.15) is 0 Å². The van der Waals surface area contributed by atoms with Crippen molar-refractivity contribution in [2.24, 2.45) is 5.41 Å². The summed E-state index contributed by atoms with van der Waals surface area (Å²) in [5.41, 5.74) is -0.548. The van der Waals surface area contributed by atoms with Crippen molar-refractivity contribution in [3.8, 4) is 0 Å². The van der Waals surface area contributed by atoms with E-state index in [1.54, 1.807) is 0 Å². The Morgan fingerprint density at radius 2 is 0.812 bits per heavy atom. The van der Waals surface area contributed by atoms with Crippen molar-refractivity contribution >= 4 is 11.9 Å². The molecule has 0 unspecified atom stereocenters. The van der Waals surface area contributed by atoms with Crippen molar-refractivity contribution in [2.45, 2.75) is 162 Å². The topological polar surface area (TPSA) is 74.6 Å². The quantitative estimate of drug-likeness (QED) is 0.135. The van der Waals surface area contributed by atoms with Crippen molar-refractivity contribution in [3.05, 3.63) is 0 Å². The first-order valence-electron chi connectivity index (χ1n) is 13.9. The number of hydrogen-bond acceptors (Lipinski definition) is 2. The fourth-order valence-electron chi connectivity index (χ4n) is 4.81. The number of carbonyl (C=O) groups is 2. The van der Waals surface area contributed by atoms with E-state index in [0.717, 1.165) is 77.0 Å². The standard InChI is InChI=1S/C28H54O4/c1-3-5-7-9-11-15-19-23-28(27(31)32,24-20-16-12-10-8-6-4-2)25-21-17-13-14-18-22-26(29)30/h3-25H2,1-2H3,(H,29,30)(H,31,32). The Morgan fingerprint density at radius 1 is 0.500 bits per heavy atom. The van der Waals surface area contributed by atoms with E-state index in [2.05, 4.69) is 13.8 Å². The zero-order chi connectivity index (χ0) is 23.9. The highest BCUT2D eigenvalue weighted by molar-refractivity contribution is 5.74. The number of unbranched alkanes of at least 4 members (excludes halogenated alkanes) is 16. The number of rotatable bonds is 25. The van der Waals surface area contributed by atoms with Gasteiger partial charge in [0.05, 0.1) is 5.41 Å². The summed E-state index contributed by atoms with van der Waals surface area (Å²) in [5.74, 6) is -1.31. The molecule has 0 spiro atoms. The molecule has 32 heavy (non-hydrogen) atoms. The summed E-state index contributed by atoms with van der Waals surface area (Å²) >= 11 is 0. The summed E-state index contributed by atoms with van der Waals surface area (Å²) in [7, 11) is 0. The molecule has 0 bridgehead atoms. The first-order chi connectivity index (χ1) is 15.5. The van der Waals surface area contributed by atoms with Gasteiger partial charge in [-0.1, -0.05) is 129 Å². The molecule has 0 aromatic rings. The monoisotopic (exact) mass is 454 g/mol. The lowest BCUT2D eigenvalue weighted by Crippen LogP contribution is -2.31. The van der Waals surface area contributed by atoms with E-state index < -0.39 is 17.4 Å². The first kappa shape index (κ1) is 30.9. The maximum absolute atomic E-state index is 12.4. The molecule has 0 aromatic heterocycles. The van der Waals surface area contributed by atoms with Crippen LogP contribution >= 0.6 is 0 Å². The summed E-state index contributed by atoms with van der Waals surface area (Å²) < 4.78 is 0. The number of aliphatic carboxylic acids is 2. The predicted octanol–water partition coefficient (Wildman–Crippen LogP) is 9.15. The van der Waals surface area contributed by atoms with Crippen molar-refractivity contribution in [3.63, 3.8) is 0 Å². The van der Waals surface area contributed by atoms with Crippen LogP contribution in [0.15, 0.2) is 0 Å². The third-order valence-electron chi connectivity index (χ3n) is 7.02. The summed E-state index contributed by atoms with van der Waals surface area (Å²) in [6, 6.07) is 0. The van der Waals surface area contributed by atoms with Crippen molar-refractivity contribution in [1.82, 2.24) is 0 Å². The zero-order valence-electron chi connectivity index (χ0n) is 21.5. The summed E-state index contributed by atoms with van der Waals surface area (Å²) in [6.45, 7) is 4.47. The van der Waals surface area contributed by atoms with E-state index in [4.69, 9.17) is 5.11 Å². The second-order valence-corrected chi connectivity index (χ2v) is 9.99. The summed E-state index contributed by atoms with van der Waals surface area (Å²) in [4.78, 5) is 23.0. The Morgan fingerprint density at radius 3 is 1.12 bits per heavy atom. The summed E-state index contributed by atoms with van der Waals surface area (Å²) in [5, 5.41) is 19.0. The van der Waals surface area contributed by atoms with Gasteiger partial charge in [0.15, 0.2) is 0 Å². The smallest absolute Gasteiger partial charge is 0.309 e. The largest absolute Gasteiger partial charge is 0.481 e. The van der Waals surface area contributed by atoms with Crippen LogP contribution in [-0.2, 0) is 9.59 Å². The van der Waals surface area contributed by atoms with Gasteiger partial charge in [-0.2, -0.15) is 0 Å². The minimum absolute atomic E-state index is 0.246. The first-order valence-corrected chi connectivity index (χ1v) is 13.9. The van der Waals surface area contributed by atoms with Gasteiger partial charge in [-0.15, -0.1) is 0 Å². The Balaban J connectivity index is 4.48. The molecule has 0 saturated heterocycles. The van der Waals surface area contributed by atoms with Gasteiger partial charge in [0, 0.05) is 6.42 Å². The molecule has 0 fully saturated rings. The Kier molecular flexibility index (Phi) is 21.0. The summed E-state index contributed by atoms with van der Waals surface area (Å²) in [6.07, 6.45) is 24.5. The van der Waals surface area contributed by atoms with Crippen LogP contribution in [-0.4, -0.2) is 22.2 Å². The second-order valence-electron chi connectivity index (χ2n) is 9.99. The van der Waals surface area contributed by atoms with E-state index in [-0.39, 0.29) is 6.42 Å². The molecule has 0 aliphatic heterocycles. The molecule has 190 valence electrons. The molecule has 0 radical (unpaired) electrons. The molecule has 4 nitrogen and oxygen atoms in total. The molecular formula is C28H54O4. The fourth-order valence-corrected chi connectivity index (χ4v) is 4.81. The fraction of sp³-hybridized carbons (Fsp3) is 0.929. The van der Waals surface area contributed by atoms with Crippen LogP contribution in [0.3, 0.4) is 0 Å². The van der Waals surface area contributed by atoms with Crippen LogP contribution in [0, 0.1) is 5.41 Å². The predicted molar refractivity (Wildman–Crippen MR) is 135 cm³/mol. The van der Waals surface area contributed by atoms with Gasteiger partial charge in [0.2, 0.25) is 0 Å². The van der Waals surface area contributed by atoms with Crippen LogP contribution in [0.5, 0.6) is 0 Å². The van der Waals surface area contributed by atoms with Crippen LogP contribution in [0.4, 0.5) is 0 Å². The second kappa shape index (κ2) is 21.8. The van der Waals surface area contributed by atoms with Crippen LogP contribution in [0.1, 0.15) is 162 Å². The zero-order valence-corrected chi connectivity index (χ0v) is 21.5. The molecule has 0 atom stereocenters. The van der Waals surface area contributed by atoms with E-state index >= 15 is 0 Å². The van der Waals surface area contributed by atoms with Crippen molar-refractivity contribution in [2.75, 3.05) is 0 Å². The van der Waals surface area contributed by atoms with Crippen molar-refractivity contribution < 1.29 is 19.8 Å². The maximum Gasteiger partial charge on any atom is 0.309 e. The Bertz CT molecular complexity index is 429. The minimum Gasteiger partial charge on any atom is -0.481 e. The van der Waals surface area contributed by atoms with Gasteiger partial charge in [-0.3, -0.25) is 9.59 Å². The Hall–Kier alpha value is -1.06. The molecule has 0 aliphatic rings. The number of carboxylic acid groups (broad SMARTS) is 2. The van der Waals surface area contributed by atoms with Crippen LogP contribution in [0.2, 0.25) is 0 Å². The van der Waals surface area contributed by atoms with E-state index in [1.807, 2.05) is 0 Å². The van der Waals surface area contributed by atoms with Gasteiger partial charge in [-0.25, -0.2) is 0 Å². The molecule has 0 amide bonds. The van der Waals surface area contributed by atoms with Crippen LogP contribution in [0.25, 0.3) is 0 Å². The van der Waals surface area contributed by atoms with Gasteiger partial charge >= 0.3 is 11.9 Å². The number of hydrogen-bond donors (Lipinski definition) is 2. The Labute approximate surface area is 199 Å². The molecular weight excluding hydrogens is 400 g/mol. The molecule has 2 N–H and O–H groups in total. The molecule has 0 rings (SSSR count). The highest BCUT2D eigenvalue weighted by Crippen LogP contribution is 2.38. The van der Waals surface area contributed by atoms with E-state index in [0.29, 0.717) is 0 Å². The van der Waals surface area contributed by atoms with Crippen molar-refractivity contribution in [1.29, 1.82) is 0 Å². The maximum atomic E-state index is 12.4. The number of carboxylic acids is 2. The molecule has 0 aromatic carbocycles. The van der Waals surface area contributed by atoms with Gasteiger partial charge in [0.25, 0.3) is 0 Å². The van der Waals surface area contributed by atoms with Gasteiger partial charge < -0.3 is 10.2 Å². The molecule has 0 heterocycles. The molecule has 0 aliphatic carbocycles. The average molecular weight is 455 g/mol. The van der Waals surface area contributed by atoms with E-state index in [1.165, 1.54) is 64.2 Å². The third-order valence-corrected chi connectivity index (χ3v) is 7.02. The minimum atomic E-state index is -0.723. The lowest BCUT2D eigenvalue weighted by Gasteiger charge is -2.30. The highest BCUT2D eigenvalue weighted by atomic mass is 16.4. The lowest BCUT2D eigenvalue weighted by atomic mass is 9.74. The van der Waals surface area contributed by atoms with Gasteiger partial charge in [-0.05, 0) is 25.7 Å². The molecule has 0 saturated carbocycles. The highest BCUT2D eigenvalue weighted by Gasteiger charge is 2.36. The van der Waals surface area contributed by atoms with E-state index in [9.17, 15) is 14.7 Å². The average Bonchev–Trinajstić information content (AvgIpc) is 2.76. The van der Waals surface area contributed by atoms with Crippen LogP contribution < -0.4 is 0 Å².